The molecule has 0 amide bonds. The molecule has 7 heteroatoms. The summed E-state index contributed by atoms with van der Waals surface area (Å²) >= 11 is 1.57. The average Bonchev–Trinajstić information content (AvgIpc) is 3.26. The van der Waals surface area contributed by atoms with E-state index >= 15 is 0 Å². The molecular formula is C16H16N4O2S. The van der Waals surface area contributed by atoms with Crippen LogP contribution in [0.15, 0.2) is 40.4 Å². The molecule has 1 aliphatic heterocycles. The molecule has 1 N–H and O–H groups in total. The van der Waals surface area contributed by atoms with E-state index in [1.165, 1.54) is 0 Å². The molecule has 0 spiro atoms. The number of piperidine rings is 1. The van der Waals surface area contributed by atoms with Gasteiger partial charge in [0.05, 0.1) is 16.5 Å². The molecule has 0 bridgehead atoms. The van der Waals surface area contributed by atoms with Gasteiger partial charge in [0.1, 0.15) is 5.82 Å². The zero-order chi connectivity index (χ0) is 15.6. The van der Waals surface area contributed by atoms with Gasteiger partial charge in [0.25, 0.3) is 5.89 Å². The summed E-state index contributed by atoms with van der Waals surface area (Å²) in [4.78, 5) is 12.0. The first-order valence-corrected chi connectivity index (χ1v) is 8.44. The molecule has 1 fully saturated rings. The van der Waals surface area contributed by atoms with E-state index in [-0.39, 0.29) is 6.10 Å². The van der Waals surface area contributed by atoms with Crippen LogP contribution in [0.1, 0.15) is 12.8 Å². The molecule has 23 heavy (non-hydrogen) atoms. The van der Waals surface area contributed by atoms with Gasteiger partial charge in [-0.1, -0.05) is 11.2 Å². The molecular weight excluding hydrogens is 312 g/mol. The van der Waals surface area contributed by atoms with Gasteiger partial charge in [-0.2, -0.15) is 4.98 Å². The van der Waals surface area contributed by atoms with Gasteiger partial charge in [0, 0.05) is 19.3 Å². The molecule has 0 aliphatic carbocycles. The van der Waals surface area contributed by atoms with Crippen molar-refractivity contribution in [2.24, 2.45) is 0 Å². The number of aliphatic hydroxyl groups excluding tert-OH is 1. The van der Waals surface area contributed by atoms with Crippen LogP contribution in [0.4, 0.5) is 5.82 Å². The van der Waals surface area contributed by atoms with Gasteiger partial charge in [-0.15, -0.1) is 11.3 Å². The molecule has 4 rings (SSSR count). The first-order valence-electron chi connectivity index (χ1n) is 7.56. The Balaban J connectivity index is 1.54. The smallest absolute Gasteiger partial charge is 0.259 e. The number of rotatable bonds is 3. The number of thiophene rings is 1. The molecule has 1 atom stereocenters. The van der Waals surface area contributed by atoms with Crippen LogP contribution >= 0.6 is 11.3 Å². The fourth-order valence-electron chi connectivity index (χ4n) is 2.71. The summed E-state index contributed by atoms with van der Waals surface area (Å²) in [7, 11) is 0. The Kier molecular flexibility index (Phi) is 3.80. The lowest BCUT2D eigenvalue weighted by Gasteiger charge is -2.30. The van der Waals surface area contributed by atoms with Crippen molar-refractivity contribution in [3.8, 4) is 22.2 Å². The van der Waals surface area contributed by atoms with E-state index in [1.54, 1.807) is 17.5 Å². The number of aliphatic hydroxyl groups is 1. The second-order valence-electron chi connectivity index (χ2n) is 5.55. The Morgan fingerprint density at radius 1 is 1.30 bits per heavy atom. The summed E-state index contributed by atoms with van der Waals surface area (Å²) in [6.07, 6.45) is 3.32. The predicted molar refractivity (Wildman–Crippen MR) is 88.3 cm³/mol. The van der Waals surface area contributed by atoms with Gasteiger partial charge in [-0.3, -0.25) is 0 Å². The average molecular weight is 328 g/mol. The molecule has 3 aromatic heterocycles. The Morgan fingerprint density at radius 3 is 3.00 bits per heavy atom. The van der Waals surface area contributed by atoms with Gasteiger partial charge >= 0.3 is 0 Å². The molecule has 0 radical (unpaired) electrons. The summed E-state index contributed by atoms with van der Waals surface area (Å²) < 4.78 is 5.33. The van der Waals surface area contributed by atoms with Gasteiger partial charge in [0.15, 0.2) is 0 Å². The second kappa shape index (κ2) is 6.10. The van der Waals surface area contributed by atoms with Crippen molar-refractivity contribution >= 4 is 17.2 Å². The highest BCUT2D eigenvalue weighted by Crippen LogP contribution is 2.26. The third kappa shape index (κ3) is 2.97. The van der Waals surface area contributed by atoms with Gasteiger partial charge in [-0.25, -0.2) is 4.98 Å². The normalized spacial score (nSPS) is 18.3. The zero-order valence-corrected chi connectivity index (χ0v) is 13.2. The van der Waals surface area contributed by atoms with Gasteiger partial charge in [-0.05, 0) is 36.4 Å². The monoisotopic (exact) mass is 328 g/mol. The molecule has 1 unspecified atom stereocenters. The van der Waals surface area contributed by atoms with E-state index in [1.807, 2.05) is 29.6 Å². The van der Waals surface area contributed by atoms with Crippen molar-refractivity contribution in [1.82, 2.24) is 15.1 Å². The quantitative estimate of drug-likeness (QED) is 0.797. The molecule has 0 saturated carbocycles. The molecule has 4 heterocycles. The minimum absolute atomic E-state index is 0.269. The largest absolute Gasteiger partial charge is 0.391 e. The highest BCUT2D eigenvalue weighted by Gasteiger charge is 2.19. The number of hydrogen-bond donors (Lipinski definition) is 1. The van der Waals surface area contributed by atoms with Crippen molar-refractivity contribution in [1.29, 1.82) is 0 Å². The molecule has 1 saturated heterocycles. The van der Waals surface area contributed by atoms with E-state index in [9.17, 15) is 5.11 Å². The van der Waals surface area contributed by atoms with Gasteiger partial charge < -0.3 is 14.5 Å². The van der Waals surface area contributed by atoms with Crippen molar-refractivity contribution in [3.63, 3.8) is 0 Å². The summed E-state index contributed by atoms with van der Waals surface area (Å²) in [6.45, 7) is 1.56. The number of hydrogen-bond acceptors (Lipinski definition) is 7. The number of anilines is 1. The van der Waals surface area contributed by atoms with Crippen molar-refractivity contribution < 1.29 is 9.63 Å². The van der Waals surface area contributed by atoms with Crippen LogP contribution in [0, 0.1) is 0 Å². The molecule has 0 aromatic carbocycles. The highest BCUT2D eigenvalue weighted by atomic mass is 32.1. The minimum Gasteiger partial charge on any atom is -0.391 e. The highest BCUT2D eigenvalue weighted by molar-refractivity contribution is 7.13. The van der Waals surface area contributed by atoms with E-state index in [0.717, 1.165) is 35.6 Å². The number of nitrogens with zero attached hydrogens (tertiary/aromatic N) is 4. The van der Waals surface area contributed by atoms with Crippen LogP contribution in [0.25, 0.3) is 22.2 Å². The maximum absolute atomic E-state index is 9.77. The van der Waals surface area contributed by atoms with Crippen molar-refractivity contribution in [2.75, 3.05) is 18.0 Å². The topological polar surface area (TPSA) is 75.3 Å². The predicted octanol–water partition coefficient (Wildman–Crippen LogP) is 2.82. The summed E-state index contributed by atoms with van der Waals surface area (Å²) in [5.41, 5.74) is 0.793. The number of aromatic nitrogens is 3. The molecule has 3 aromatic rings. The van der Waals surface area contributed by atoms with Crippen LogP contribution in [0.5, 0.6) is 0 Å². The van der Waals surface area contributed by atoms with Crippen molar-refractivity contribution in [2.45, 2.75) is 18.9 Å². The third-order valence-electron chi connectivity index (χ3n) is 3.88. The first-order chi connectivity index (χ1) is 11.3. The van der Waals surface area contributed by atoms with E-state index in [4.69, 9.17) is 4.52 Å². The maximum Gasteiger partial charge on any atom is 0.259 e. The van der Waals surface area contributed by atoms with Crippen LogP contribution in [-0.2, 0) is 0 Å². The van der Waals surface area contributed by atoms with Crippen LogP contribution < -0.4 is 4.90 Å². The third-order valence-corrected chi connectivity index (χ3v) is 4.75. The lowest BCUT2D eigenvalue weighted by Crippen LogP contribution is -2.38. The van der Waals surface area contributed by atoms with Crippen LogP contribution in [0.3, 0.4) is 0 Å². The zero-order valence-electron chi connectivity index (χ0n) is 12.4. The second-order valence-corrected chi connectivity index (χ2v) is 6.50. The first kappa shape index (κ1) is 14.3. The SMILES string of the molecule is OC1CCCN(c2ccc(-c3nc(-c4cccs4)no3)cn2)C1. The van der Waals surface area contributed by atoms with Crippen LogP contribution in [-0.4, -0.2) is 39.4 Å². The van der Waals surface area contributed by atoms with E-state index in [2.05, 4.69) is 20.0 Å². The Labute approximate surface area is 137 Å². The fourth-order valence-corrected chi connectivity index (χ4v) is 3.36. The fraction of sp³-hybridized carbons (Fsp3) is 0.312. The lowest BCUT2D eigenvalue weighted by molar-refractivity contribution is 0.154. The molecule has 118 valence electrons. The Morgan fingerprint density at radius 2 is 2.26 bits per heavy atom. The van der Waals surface area contributed by atoms with Crippen molar-refractivity contribution in [3.05, 3.63) is 35.8 Å². The van der Waals surface area contributed by atoms with E-state index < -0.39 is 0 Å². The van der Waals surface area contributed by atoms with E-state index in [0.29, 0.717) is 18.3 Å². The number of β-amino-alcohol motifs (C(OH)–C–C–N with tert-alkyl or cyclic N) is 1. The molecule has 6 nitrogen and oxygen atoms in total. The van der Waals surface area contributed by atoms with Gasteiger partial charge in [0.2, 0.25) is 5.82 Å². The Hall–Kier alpha value is -2.25. The lowest BCUT2D eigenvalue weighted by atomic mass is 10.1. The van der Waals surface area contributed by atoms with Crippen LogP contribution in [0.2, 0.25) is 0 Å². The number of pyridine rings is 1. The minimum atomic E-state index is -0.269. The summed E-state index contributed by atoms with van der Waals surface area (Å²) in [6, 6.07) is 7.78. The maximum atomic E-state index is 9.77. The Bertz CT molecular complexity index is 770. The molecule has 1 aliphatic rings. The summed E-state index contributed by atoms with van der Waals surface area (Å²) in [5.74, 6) is 1.93. The summed E-state index contributed by atoms with van der Waals surface area (Å²) in [5, 5.41) is 15.8. The standard InChI is InChI=1S/C16H16N4O2S/c21-12-3-1-7-20(10-12)14-6-5-11(9-17-14)16-18-15(19-22-16)13-4-2-8-23-13/h2,4-6,8-9,12,21H,1,3,7,10H2.